The number of hydrogen-bond acceptors (Lipinski definition) is 7. The minimum atomic E-state index is -0.687. The summed E-state index contributed by atoms with van der Waals surface area (Å²) < 4.78 is 16.7. The van der Waals surface area contributed by atoms with Crippen LogP contribution >= 0.6 is 27.5 Å². The Morgan fingerprint density at radius 1 is 0.851 bits per heavy atom. The first-order valence-electron chi connectivity index (χ1n) is 14.2. The number of halogens is 2. The molecule has 0 aliphatic rings. The Morgan fingerprint density at radius 3 is 2.40 bits per heavy atom. The summed E-state index contributed by atoms with van der Waals surface area (Å²) in [7, 11) is 1.39. The Bertz CT molecular complexity index is 2230. The number of hydrogen-bond donors (Lipinski definition) is 2. The summed E-state index contributed by atoms with van der Waals surface area (Å²) in [6, 6.07) is 28.5. The Labute approximate surface area is 282 Å². The van der Waals surface area contributed by atoms with Crippen LogP contribution in [0.3, 0.4) is 0 Å². The van der Waals surface area contributed by atoms with Gasteiger partial charge < -0.3 is 19.2 Å². The number of H-pyrrole nitrogens is 1. The van der Waals surface area contributed by atoms with Crippen LogP contribution in [-0.2, 0) is 4.79 Å². The second kappa shape index (κ2) is 13.5. The number of carbonyl (C=O) groups excluding carboxylic acids is 3. The van der Waals surface area contributed by atoms with Gasteiger partial charge in [0.05, 0.1) is 24.4 Å². The fourth-order valence-corrected chi connectivity index (χ4v) is 5.78. The van der Waals surface area contributed by atoms with Crippen LogP contribution in [0.1, 0.15) is 33.3 Å². The molecule has 1 heterocycles. The van der Waals surface area contributed by atoms with Crippen molar-refractivity contribution in [1.29, 1.82) is 0 Å². The molecule has 6 rings (SSSR count). The summed E-state index contributed by atoms with van der Waals surface area (Å²) >= 11 is 10.0. The molecule has 0 aliphatic heterocycles. The molecule has 9 nitrogen and oxygen atoms in total. The van der Waals surface area contributed by atoms with Crippen LogP contribution in [0.2, 0.25) is 5.02 Å². The highest BCUT2D eigenvalue weighted by atomic mass is 79.9. The third-order valence-electron chi connectivity index (χ3n) is 7.27. The van der Waals surface area contributed by atoms with Crippen LogP contribution in [0.5, 0.6) is 17.2 Å². The van der Waals surface area contributed by atoms with Gasteiger partial charge in [-0.1, -0.05) is 82.1 Å². The van der Waals surface area contributed by atoms with Gasteiger partial charge in [0, 0.05) is 43.9 Å². The standard InChI is InChI=1S/C36H25BrClN3O6/c1-20(42)46-30-15-12-22(18-31(30)45-2)36(44)47-29-16-13-24(37)17-23(29)19-39-41-35(43)34-32(26-9-5-6-10-28(26)38)27-14-11-21-7-3-4-8-25(21)33(27)40-34/h3-19,40H,1-2H3,(H,41,43). The topological polar surface area (TPSA) is 119 Å². The van der Waals surface area contributed by atoms with Crippen LogP contribution in [0.15, 0.2) is 107 Å². The second-order valence-electron chi connectivity index (χ2n) is 10.3. The molecule has 1 aromatic heterocycles. The van der Waals surface area contributed by atoms with Crippen LogP contribution in [0.25, 0.3) is 32.8 Å². The van der Waals surface area contributed by atoms with E-state index >= 15 is 0 Å². The molecule has 0 radical (unpaired) electrons. The molecule has 47 heavy (non-hydrogen) atoms. The van der Waals surface area contributed by atoms with E-state index in [-0.39, 0.29) is 28.5 Å². The van der Waals surface area contributed by atoms with Crippen molar-refractivity contribution in [3.63, 3.8) is 0 Å². The van der Waals surface area contributed by atoms with Crippen LogP contribution in [-0.4, -0.2) is 36.2 Å². The Kier molecular flexibility index (Phi) is 9.05. The van der Waals surface area contributed by atoms with E-state index in [1.54, 1.807) is 24.3 Å². The van der Waals surface area contributed by atoms with Gasteiger partial charge in [0.25, 0.3) is 5.91 Å². The number of ether oxygens (including phenoxy) is 3. The molecule has 234 valence electrons. The van der Waals surface area contributed by atoms with Crippen molar-refractivity contribution in [3.05, 3.63) is 123 Å². The third-order valence-corrected chi connectivity index (χ3v) is 8.09. The van der Waals surface area contributed by atoms with Crippen LogP contribution in [0, 0.1) is 0 Å². The average Bonchev–Trinajstić information content (AvgIpc) is 3.46. The number of carbonyl (C=O) groups is 3. The summed E-state index contributed by atoms with van der Waals surface area (Å²) in [5, 5.41) is 7.51. The summed E-state index contributed by atoms with van der Waals surface area (Å²) in [4.78, 5) is 41.4. The highest BCUT2D eigenvalue weighted by Crippen LogP contribution is 2.39. The SMILES string of the molecule is COc1cc(C(=O)Oc2ccc(Br)cc2C=NNC(=O)c2[nH]c3c(ccc4ccccc43)c2-c2ccccc2Cl)ccc1OC(C)=O. The predicted octanol–water partition coefficient (Wildman–Crippen LogP) is 8.32. The number of aromatic amines is 1. The maximum Gasteiger partial charge on any atom is 0.343 e. The number of nitrogens with one attached hydrogen (secondary N) is 2. The minimum absolute atomic E-state index is 0.162. The zero-order valence-electron chi connectivity index (χ0n) is 25.0. The molecule has 1 amide bonds. The largest absolute Gasteiger partial charge is 0.493 e. The van der Waals surface area contributed by atoms with Crippen molar-refractivity contribution in [2.24, 2.45) is 5.10 Å². The van der Waals surface area contributed by atoms with Gasteiger partial charge in [0.2, 0.25) is 0 Å². The molecule has 0 bridgehead atoms. The molecule has 5 aromatic carbocycles. The molecule has 0 spiro atoms. The zero-order valence-corrected chi connectivity index (χ0v) is 27.3. The maximum absolute atomic E-state index is 13.7. The molecule has 11 heteroatoms. The second-order valence-corrected chi connectivity index (χ2v) is 11.6. The normalized spacial score (nSPS) is 11.1. The first kappa shape index (κ1) is 31.5. The predicted molar refractivity (Wildman–Crippen MR) is 185 cm³/mol. The first-order chi connectivity index (χ1) is 22.7. The number of rotatable bonds is 8. The van der Waals surface area contributed by atoms with Crippen molar-refractivity contribution in [2.75, 3.05) is 7.11 Å². The van der Waals surface area contributed by atoms with E-state index in [0.717, 1.165) is 21.7 Å². The van der Waals surface area contributed by atoms with E-state index in [2.05, 4.69) is 31.4 Å². The zero-order chi connectivity index (χ0) is 33.1. The van der Waals surface area contributed by atoms with E-state index in [0.29, 0.717) is 26.2 Å². The van der Waals surface area contributed by atoms with Gasteiger partial charge in [-0.05, 0) is 47.9 Å². The Morgan fingerprint density at radius 2 is 1.62 bits per heavy atom. The fraction of sp³-hybridized carbons (Fsp3) is 0.0556. The van der Waals surface area contributed by atoms with Crippen molar-refractivity contribution < 1.29 is 28.6 Å². The van der Waals surface area contributed by atoms with Gasteiger partial charge in [0.15, 0.2) is 11.5 Å². The summed E-state index contributed by atoms with van der Waals surface area (Å²) in [5.41, 5.74) is 5.60. The van der Waals surface area contributed by atoms with E-state index < -0.39 is 17.8 Å². The summed E-state index contributed by atoms with van der Waals surface area (Å²) in [6.07, 6.45) is 1.38. The third kappa shape index (κ3) is 6.60. The van der Waals surface area contributed by atoms with Gasteiger partial charge in [-0.15, -0.1) is 0 Å². The van der Waals surface area contributed by atoms with Crippen molar-refractivity contribution >= 4 is 73.3 Å². The van der Waals surface area contributed by atoms with Crippen molar-refractivity contribution in [2.45, 2.75) is 6.92 Å². The van der Waals surface area contributed by atoms with Crippen LogP contribution < -0.4 is 19.6 Å². The number of esters is 2. The van der Waals surface area contributed by atoms with Crippen LogP contribution in [0.4, 0.5) is 0 Å². The molecular formula is C36H25BrClN3O6. The molecule has 0 fully saturated rings. The highest BCUT2D eigenvalue weighted by Gasteiger charge is 2.22. The summed E-state index contributed by atoms with van der Waals surface area (Å²) in [6.45, 7) is 1.26. The lowest BCUT2D eigenvalue weighted by Gasteiger charge is -2.11. The van der Waals surface area contributed by atoms with Gasteiger partial charge >= 0.3 is 11.9 Å². The maximum atomic E-state index is 13.7. The van der Waals surface area contributed by atoms with E-state index in [9.17, 15) is 14.4 Å². The number of methoxy groups -OCH3 is 1. The molecule has 6 aromatic rings. The van der Waals surface area contributed by atoms with E-state index in [4.69, 9.17) is 25.8 Å². The molecule has 0 saturated carbocycles. The Hall–Kier alpha value is -5.45. The molecule has 0 saturated heterocycles. The van der Waals surface area contributed by atoms with Gasteiger partial charge in [-0.25, -0.2) is 10.2 Å². The number of fused-ring (bicyclic) bond motifs is 3. The monoisotopic (exact) mass is 709 g/mol. The lowest BCUT2D eigenvalue weighted by molar-refractivity contribution is -0.132. The lowest BCUT2D eigenvalue weighted by atomic mass is 9.99. The van der Waals surface area contributed by atoms with E-state index in [1.165, 1.54) is 38.4 Å². The molecule has 0 unspecified atom stereocenters. The molecule has 0 atom stereocenters. The first-order valence-corrected chi connectivity index (χ1v) is 15.4. The quantitative estimate of drug-likeness (QED) is 0.0710. The number of amides is 1. The summed E-state index contributed by atoms with van der Waals surface area (Å²) in [5.74, 6) is -1.16. The fourth-order valence-electron chi connectivity index (χ4n) is 5.17. The van der Waals surface area contributed by atoms with Crippen molar-refractivity contribution in [1.82, 2.24) is 10.4 Å². The molecule has 2 N–H and O–H groups in total. The van der Waals surface area contributed by atoms with Gasteiger partial charge in [-0.2, -0.15) is 5.10 Å². The minimum Gasteiger partial charge on any atom is -0.493 e. The van der Waals surface area contributed by atoms with Gasteiger partial charge in [-0.3, -0.25) is 9.59 Å². The smallest absolute Gasteiger partial charge is 0.343 e. The van der Waals surface area contributed by atoms with Crippen molar-refractivity contribution in [3.8, 4) is 28.4 Å². The number of nitrogens with zero attached hydrogens (tertiary/aromatic N) is 1. The molecule has 0 aliphatic carbocycles. The Balaban J connectivity index is 1.29. The highest BCUT2D eigenvalue weighted by molar-refractivity contribution is 9.10. The van der Waals surface area contributed by atoms with Gasteiger partial charge in [0.1, 0.15) is 11.4 Å². The average molecular weight is 711 g/mol. The van der Waals surface area contributed by atoms with E-state index in [1.807, 2.05) is 54.6 Å². The lowest BCUT2D eigenvalue weighted by Crippen LogP contribution is -2.19. The number of benzene rings is 5. The molecular weight excluding hydrogens is 686 g/mol. The number of aromatic nitrogens is 1. The number of hydrazone groups is 1.